The van der Waals surface area contributed by atoms with Crippen LogP contribution in [0.15, 0.2) is 29.6 Å². The van der Waals surface area contributed by atoms with Gasteiger partial charge in [-0.3, -0.25) is 4.79 Å². The summed E-state index contributed by atoms with van der Waals surface area (Å²) in [7, 11) is 1.58. The van der Waals surface area contributed by atoms with Crippen molar-refractivity contribution in [2.75, 3.05) is 18.2 Å². The minimum absolute atomic E-state index is 0.0290. The van der Waals surface area contributed by atoms with Crippen LogP contribution in [0.25, 0.3) is 11.0 Å². The molecular weight excluding hydrogens is 474 g/mol. The Hall–Kier alpha value is -2.53. The van der Waals surface area contributed by atoms with Crippen LogP contribution in [0.3, 0.4) is 0 Å². The maximum absolute atomic E-state index is 11.6. The standard InChI is InChI=1S/C23H26ClN7O2S/c1-33-20-11-27-18-7-6-17(24)16(21(18)31-20)10-26-14-4-2-13(3-5-14)25-8-15-9-28-23-22(29-15)30-19(32)12-34-23/h6-7,9,11,13-14,25-26H,2-5,8,10,12H2,1H3,(H,29,30,32)/t13-,14-. The van der Waals surface area contributed by atoms with E-state index in [4.69, 9.17) is 16.3 Å². The number of hydrogen-bond donors (Lipinski definition) is 3. The molecule has 1 amide bonds. The quantitative estimate of drug-likeness (QED) is 0.450. The van der Waals surface area contributed by atoms with Crippen molar-refractivity contribution in [2.45, 2.75) is 55.9 Å². The van der Waals surface area contributed by atoms with E-state index in [0.29, 0.717) is 47.6 Å². The fourth-order valence-corrected chi connectivity index (χ4v) is 5.26. The van der Waals surface area contributed by atoms with Gasteiger partial charge in [0, 0.05) is 35.8 Å². The fraction of sp³-hybridized carbons (Fsp3) is 0.435. The molecule has 2 aromatic heterocycles. The number of nitrogens with zero attached hydrogens (tertiary/aromatic N) is 4. The Morgan fingerprint density at radius 3 is 2.62 bits per heavy atom. The molecule has 0 atom stereocenters. The molecule has 1 fully saturated rings. The van der Waals surface area contributed by atoms with Crippen molar-refractivity contribution in [3.05, 3.63) is 40.8 Å². The monoisotopic (exact) mass is 499 g/mol. The molecule has 3 heterocycles. The minimum atomic E-state index is -0.0290. The van der Waals surface area contributed by atoms with Gasteiger partial charge in [-0.2, -0.15) is 0 Å². The van der Waals surface area contributed by atoms with E-state index < -0.39 is 0 Å². The summed E-state index contributed by atoms with van der Waals surface area (Å²) in [5.41, 5.74) is 3.36. The zero-order chi connectivity index (χ0) is 23.5. The van der Waals surface area contributed by atoms with Gasteiger partial charge in [0.15, 0.2) is 5.82 Å². The average molecular weight is 500 g/mol. The lowest BCUT2D eigenvalue weighted by Crippen LogP contribution is -2.39. The highest BCUT2D eigenvalue weighted by atomic mass is 35.5. The number of carbonyl (C=O) groups excluding carboxylic acids is 1. The van der Waals surface area contributed by atoms with Crippen molar-refractivity contribution in [2.24, 2.45) is 0 Å². The molecule has 11 heteroatoms. The van der Waals surface area contributed by atoms with Gasteiger partial charge < -0.3 is 20.7 Å². The van der Waals surface area contributed by atoms with Crippen molar-refractivity contribution in [1.29, 1.82) is 0 Å². The zero-order valence-corrected chi connectivity index (χ0v) is 20.4. The third-order valence-corrected chi connectivity index (χ3v) is 7.54. The number of nitrogens with one attached hydrogen (secondary N) is 3. The van der Waals surface area contributed by atoms with Gasteiger partial charge in [0.1, 0.15) is 5.03 Å². The minimum Gasteiger partial charge on any atom is -0.480 e. The third kappa shape index (κ3) is 5.25. The summed E-state index contributed by atoms with van der Waals surface area (Å²) in [5, 5.41) is 11.5. The van der Waals surface area contributed by atoms with Crippen molar-refractivity contribution in [1.82, 2.24) is 30.6 Å². The van der Waals surface area contributed by atoms with Crippen LogP contribution >= 0.6 is 23.4 Å². The molecule has 1 aliphatic carbocycles. The Bertz CT molecular complexity index is 1200. The van der Waals surface area contributed by atoms with Gasteiger partial charge in [0.05, 0.1) is 42.0 Å². The largest absolute Gasteiger partial charge is 0.480 e. The van der Waals surface area contributed by atoms with Gasteiger partial charge >= 0.3 is 0 Å². The number of thioether (sulfide) groups is 1. The number of methoxy groups -OCH3 is 1. The lowest BCUT2D eigenvalue weighted by molar-refractivity contribution is -0.113. The number of rotatable bonds is 7. The smallest absolute Gasteiger partial charge is 0.236 e. The summed E-state index contributed by atoms with van der Waals surface area (Å²) >= 11 is 7.92. The summed E-state index contributed by atoms with van der Waals surface area (Å²) < 4.78 is 5.24. The third-order valence-electron chi connectivity index (χ3n) is 6.20. The molecule has 3 aromatic rings. The molecule has 178 valence electrons. The van der Waals surface area contributed by atoms with Gasteiger partial charge in [-0.25, -0.2) is 19.9 Å². The van der Waals surface area contributed by atoms with Crippen molar-refractivity contribution in [3.63, 3.8) is 0 Å². The molecule has 34 heavy (non-hydrogen) atoms. The lowest BCUT2D eigenvalue weighted by atomic mass is 9.91. The highest BCUT2D eigenvalue weighted by Gasteiger charge is 2.22. The first-order valence-corrected chi connectivity index (χ1v) is 12.7. The maximum atomic E-state index is 11.6. The first kappa shape index (κ1) is 23.2. The molecular formula is C23H26ClN7O2S. The van der Waals surface area contributed by atoms with Crippen LogP contribution in [-0.2, 0) is 17.9 Å². The maximum Gasteiger partial charge on any atom is 0.236 e. The molecule has 9 nitrogen and oxygen atoms in total. The molecule has 0 unspecified atom stereocenters. The molecule has 3 N–H and O–H groups in total. The number of anilines is 1. The number of fused-ring (bicyclic) bond motifs is 2. The lowest BCUT2D eigenvalue weighted by Gasteiger charge is -2.30. The number of ether oxygens (including phenoxy) is 1. The number of aromatic nitrogens is 4. The molecule has 0 bridgehead atoms. The summed E-state index contributed by atoms with van der Waals surface area (Å²) in [4.78, 5) is 29.5. The fourth-order valence-electron chi connectivity index (χ4n) is 4.34. The van der Waals surface area contributed by atoms with Gasteiger partial charge in [-0.15, -0.1) is 0 Å². The van der Waals surface area contributed by atoms with Crippen LogP contribution in [-0.4, -0.2) is 50.8 Å². The van der Waals surface area contributed by atoms with Crippen LogP contribution in [0, 0.1) is 0 Å². The van der Waals surface area contributed by atoms with E-state index in [1.165, 1.54) is 11.8 Å². The topological polar surface area (TPSA) is 114 Å². The zero-order valence-electron chi connectivity index (χ0n) is 18.8. The highest BCUT2D eigenvalue weighted by Crippen LogP contribution is 2.28. The van der Waals surface area contributed by atoms with E-state index in [1.807, 2.05) is 12.1 Å². The summed E-state index contributed by atoms with van der Waals surface area (Å²) in [6, 6.07) is 4.59. The Labute approximate surface area is 206 Å². The molecule has 1 aromatic carbocycles. The van der Waals surface area contributed by atoms with Crippen LogP contribution in [0.5, 0.6) is 5.88 Å². The molecule has 1 saturated carbocycles. The van der Waals surface area contributed by atoms with Crippen LogP contribution in [0.1, 0.15) is 36.9 Å². The first-order valence-electron chi connectivity index (χ1n) is 11.3. The second-order valence-corrected chi connectivity index (χ2v) is 9.84. The molecule has 1 aliphatic heterocycles. The first-order chi connectivity index (χ1) is 16.6. The van der Waals surface area contributed by atoms with Gasteiger partial charge in [0.25, 0.3) is 0 Å². The number of amides is 1. The van der Waals surface area contributed by atoms with Crippen molar-refractivity contribution >= 4 is 46.1 Å². The molecule has 0 spiro atoms. The van der Waals surface area contributed by atoms with Gasteiger partial charge in [-0.05, 0) is 37.8 Å². The average Bonchev–Trinajstić information content (AvgIpc) is 2.87. The summed E-state index contributed by atoms with van der Waals surface area (Å²) in [6.45, 7) is 1.27. The molecule has 0 radical (unpaired) electrons. The SMILES string of the molecule is COc1cnc2ccc(Cl)c(CN[C@H]3CC[C@H](NCc4cnc5c(n4)NC(=O)CS5)CC3)c2n1. The Morgan fingerprint density at radius 1 is 1.09 bits per heavy atom. The molecule has 0 saturated heterocycles. The van der Waals surface area contributed by atoms with Crippen LogP contribution in [0.2, 0.25) is 5.02 Å². The number of carbonyl (C=O) groups is 1. The normalized spacial score (nSPS) is 20.1. The van der Waals surface area contributed by atoms with E-state index >= 15 is 0 Å². The summed E-state index contributed by atoms with van der Waals surface area (Å²) in [5.74, 6) is 1.42. The van der Waals surface area contributed by atoms with E-state index in [1.54, 1.807) is 19.5 Å². The van der Waals surface area contributed by atoms with Crippen LogP contribution < -0.4 is 20.7 Å². The molecule has 2 aliphatic rings. The van der Waals surface area contributed by atoms with E-state index in [2.05, 4.69) is 35.9 Å². The Morgan fingerprint density at radius 2 is 1.85 bits per heavy atom. The number of hydrogen-bond acceptors (Lipinski definition) is 9. The number of benzene rings is 1. The predicted octanol–water partition coefficient (Wildman–Crippen LogP) is 3.32. The van der Waals surface area contributed by atoms with E-state index in [9.17, 15) is 4.79 Å². The van der Waals surface area contributed by atoms with Crippen molar-refractivity contribution in [3.8, 4) is 5.88 Å². The Kier molecular flexibility index (Phi) is 7.10. The van der Waals surface area contributed by atoms with E-state index in [0.717, 1.165) is 53.0 Å². The number of halogens is 1. The van der Waals surface area contributed by atoms with E-state index in [-0.39, 0.29) is 5.91 Å². The second-order valence-electron chi connectivity index (χ2n) is 8.47. The Balaban J connectivity index is 1.13. The predicted molar refractivity (Wildman–Crippen MR) is 132 cm³/mol. The van der Waals surface area contributed by atoms with Gasteiger partial charge in [-0.1, -0.05) is 23.4 Å². The highest BCUT2D eigenvalue weighted by molar-refractivity contribution is 8.00. The van der Waals surface area contributed by atoms with Crippen LogP contribution in [0.4, 0.5) is 5.82 Å². The second kappa shape index (κ2) is 10.4. The molecule has 5 rings (SSSR count). The van der Waals surface area contributed by atoms with Crippen molar-refractivity contribution < 1.29 is 9.53 Å². The summed E-state index contributed by atoms with van der Waals surface area (Å²) in [6.07, 6.45) is 7.68. The van der Waals surface area contributed by atoms with Gasteiger partial charge in [0.2, 0.25) is 11.8 Å².